The van der Waals surface area contributed by atoms with Crippen molar-refractivity contribution in [2.24, 2.45) is 5.92 Å². The number of rotatable bonds is 6. The van der Waals surface area contributed by atoms with E-state index in [1.807, 2.05) is 60.1 Å². The monoisotopic (exact) mass is 532 g/mol. The lowest BCUT2D eigenvalue weighted by molar-refractivity contribution is 0.0938. The third kappa shape index (κ3) is 5.67. The first-order valence-electron chi connectivity index (χ1n) is 11.5. The van der Waals surface area contributed by atoms with Crippen molar-refractivity contribution >= 4 is 52.5 Å². The second-order valence-electron chi connectivity index (χ2n) is 8.81. The molecule has 2 aromatic heterocycles. The molecule has 0 unspecified atom stereocenters. The van der Waals surface area contributed by atoms with Gasteiger partial charge in [0.15, 0.2) is 0 Å². The van der Waals surface area contributed by atoms with E-state index in [1.54, 1.807) is 0 Å². The molecule has 1 aliphatic heterocycles. The number of amides is 1. The molecule has 35 heavy (non-hydrogen) atoms. The van der Waals surface area contributed by atoms with Gasteiger partial charge in [0.05, 0.1) is 11.6 Å². The highest BCUT2D eigenvalue weighted by Gasteiger charge is 2.18. The second kappa shape index (κ2) is 11.0. The maximum absolute atomic E-state index is 12.7. The summed E-state index contributed by atoms with van der Waals surface area (Å²) in [5.74, 6) is 1.05. The van der Waals surface area contributed by atoms with E-state index >= 15 is 0 Å². The van der Waals surface area contributed by atoms with Gasteiger partial charge in [-0.1, -0.05) is 35.3 Å². The molecular formula is C26H27Cl3N4O2. The van der Waals surface area contributed by atoms with E-state index in [-0.39, 0.29) is 18.3 Å². The van der Waals surface area contributed by atoms with Crippen molar-refractivity contribution in [3.8, 4) is 11.3 Å². The number of piperidine rings is 1. The molecule has 0 spiro atoms. The summed E-state index contributed by atoms with van der Waals surface area (Å²) < 4.78 is 8.03. The van der Waals surface area contributed by atoms with Crippen LogP contribution in [0, 0.1) is 12.8 Å². The summed E-state index contributed by atoms with van der Waals surface area (Å²) in [4.78, 5) is 12.7. The van der Waals surface area contributed by atoms with E-state index in [0.29, 0.717) is 40.5 Å². The van der Waals surface area contributed by atoms with E-state index < -0.39 is 0 Å². The Labute approximate surface area is 220 Å². The predicted octanol–water partition coefficient (Wildman–Crippen LogP) is 6.11. The molecule has 1 amide bonds. The molecule has 6 nitrogen and oxygen atoms in total. The summed E-state index contributed by atoms with van der Waals surface area (Å²) in [6.45, 7) is 5.06. The van der Waals surface area contributed by atoms with Crippen LogP contribution in [-0.2, 0) is 6.54 Å². The lowest BCUT2D eigenvalue weighted by atomic mass is 9.98. The fourth-order valence-corrected chi connectivity index (χ4v) is 4.93. The smallest absolute Gasteiger partial charge is 0.271 e. The Morgan fingerprint density at radius 2 is 1.94 bits per heavy atom. The summed E-state index contributed by atoms with van der Waals surface area (Å²) in [6.07, 6.45) is 2.16. The molecule has 5 rings (SSSR count). The molecule has 0 atom stereocenters. The minimum atomic E-state index is -0.143. The van der Waals surface area contributed by atoms with Crippen LogP contribution >= 0.6 is 35.6 Å². The second-order valence-corrected chi connectivity index (χ2v) is 9.65. The molecular weight excluding hydrogens is 507 g/mol. The van der Waals surface area contributed by atoms with E-state index in [2.05, 4.69) is 15.7 Å². The van der Waals surface area contributed by atoms with Crippen molar-refractivity contribution in [2.75, 3.05) is 19.6 Å². The number of fused-ring (bicyclic) bond motifs is 1. The third-order valence-corrected chi connectivity index (χ3v) is 6.89. The molecule has 2 aromatic carbocycles. The van der Waals surface area contributed by atoms with E-state index in [0.717, 1.165) is 53.7 Å². The topological polar surface area (TPSA) is 72.1 Å². The third-order valence-electron chi connectivity index (χ3n) is 6.34. The van der Waals surface area contributed by atoms with E-state index in [4.69, 9.17) is 27.6 Å². The molecule has 1 saturated heterocycles. The zero-order valence-electron chi connectivity index (χ0n) is 19.3. The standard InChI is InChI=1S/C26H26Cl2N4O2.ClH/c1-16-10-23(26(33)30-14-17-6-8-29-9-7-17)31-32(16)15-19-12-20(27)11-18-13-24(34-25(18)19)21-4-2-3-5-22(21)28;/h2-5,10-13,17,29H,6-9,14-15H2,1H3,(H,30,33);1H. The van der Waals surface area contributed by atoms with Crippen LogP contribution in [0.5, 0.6) is 0 Å². The zero-order valence-corrected chi connectivity index (χ0v) is 21.6. The number of furan rings is 1. The Hall–Kier alpha value is -2.51. The number of aromatic nitrogens is 2. The Morgan fingerprint density at radius 1 is 1.17 bits per heavy atom. The van der Waals surface area contributed by atoms with Crippen LogP contribution in [0.3, 0.4) is 0 Å². The first-order valence-corrected chi connectivity index (χ1v) is 12.2. The zero-order chi connectivity index (χ0) is 23.7. The molecule has 3 heterocycles. The number of hydrogen-bond donors (Lipinski definition) is 2. The van der Waals surface area contributed by atoms with E-state index in [1.165, 1.54) is 0 Å². The van der Waals surface area contributed by atoms with Crippen molar-refractivity contribution in [1.82, 2.24) is 20.4 Å². The average molecular weight is 534 g/mol. The number of carbonyl (C=O) groups excluding carboxylic acids is 1. The quantitative estimate of drug-likeness (QED) is 0.314. The Kier molecular flexibility index (Phi) is 8.07. The van der Waals surface area contributed by atoms with Gasteiger partial charge in [0.1, 0.15) is 17.0 Å². The number of carbonyl (C=O) groups is 1. The molecule has 2 N–H and O–H groups in total. The van der Waals surface area contributed by atoms with Gasteiger partial charge in [-0.05, 0) is 75.2 Å². The Morgan fingerprint density at radius 3 is 2.71 bits per heavy atom. The van der Waals surface area contributed by atoms with Crippen LogP contribution in [-0.4, -0.2) is 35.3 Å². The van der Waals surface area contributed by atoms with Crippen molar-refractivity contribution in [1.29, 1.82) is 0 Å². The van der Waals surface area contributed by atoms with E-state index in [9.17, 15) is 4.79 Å². The number of nitrogens with zero attached hydrogens (tertiary/aromatic N) is 2. The Balaban J connectivity index is 0.00000289. The number of aryl methyl sites for hydroxylation is 1. The number of nitrogens with one attached hydrogen (secondary N) is 2. The summed E-state index contributed by atoms with van der Waals surface area (Å²) in [5.41, 5.74) is 3.74. The minimum absolute atomic E-state index is 0. The molecule has 1 fully saturated rings. The lowest BCUT2D eigenvalue weighted by Crippen LogP contribution is -2.36. The van der Waals surface area contributed by atoms with Crippen molar-refractivity contribution in [3.05, 3.63) is 75.5 Å². The summed E-state index contributed by atoms with van der Waals surface area (Å²) in [7, 11) is 0. The molecule has 1 aliphatic rings. The van der Waals surface area contributed by atoms with Crippen LogP contribution in [0.2, 0.25) is 10.0 Å². The molecule has 0 bridgehead atoms. The van der Waals surface area contributed by atoms with Gasteiger partial charge in [-0.25, -0.2) is 0 Å². The maximum Gasteiger partial charge on any atom is 0.271 e. The van der Waals surface area contributed by atoms with Crippen molar-refractivity contribution in [3.63, 3.8) is 0 Å². The van der Waals surface area contributed by atoms with Gasteiger partial charge in [0.2, 0.25) is 0 Å². The van der Waals surface area contributed by atoms with Crippen LogP contribution < -0.4 is 10.6 Å². The maximum atomic E-state index is 12.7. The van der Waals surface area contributed by atoms with Crippen LogP contribution in [0.25, 0.3) is 22.3 Å². The highest BCUT2D eigenvalue weighted by molar-refractivity contribution is 6.33. The van der Waals surface area contributed by atoms with Gasteiger partial charge in [0, 0.05) is 33.8 Å². The number of hydrogen-bond acceptors (Lipinski definition) is 4. The fourth-order valence-electron chi connectivity index (χ4n) is 4.45. The molecule has 0 saturated carbocycles. The molecule has 4 aromatic rings. The fraction of sp³-hybridized carbons (Fsp3) is 0.308. The van der Waals surface area contributed by atoms with Crippen LogP contribution in [0.15, 0.2) is 52.9 Å². The van der Waals surface area contributed by atoms with Crippen molar-refractivity contribution in [2.45, 2.75) is 26.3 Å². The predicted molar refractivity (Wildman–Crippen MR) is 143 cm³/mol. The summed E-state index contributed by atoms with van der Waals surface area (Å²) in [6, 6.07) is 15.1. The van der Waals surface area contributed by atoms with Gasteiger partial charge < -0.3 is 15.1 Å². The van der Waals surface area contributed by atoms with Gasteiger partial charge in [-0.15, -0.1) is 12.4 Å². The molecule has 0 radical (unpaired) electrons. The molecule has 184 valence electrons. The highest BCUT2D eigenvalue weighted by atomic mass is 35.5. The first kappa shape index (κ1) is 25.6. The SMILES string of the molecule is Cc1cc(C(=O)NCC2CCNCC2)nn1Cc1cc(Cl)cc2cc(-c3ccccc3Cl)oc12.Cl. The van der Waals surface area contributed by atoms with Gasteiger partial charge in [-0.3, -0.25) is 9.48 Å². The largest absolute Gasteiger partial charge is 0.456 e. The minimum Gasteiger partial charge on any atom is -0.456 e. The summed E-state index contributed by atoms with van der Waals surface area (Å²) >= 11 is 12.8. The molecule has 0 aliphatic carbocycles. The number of benzene rings is 2. The van der Waals surface area contributed by atoms with Crippen LogP contribution in [0.1, 0.15) is 34.6 Å². The molecule has 9 heteroatoms. The lowest BCUT2D eigenvalue weighted by Gasteiger charge is -2.22. The number of halogens is 3. The van der Waals surface area contributed by atoms with Gasteiger partial charge in [0.25, 0.3) is 5.91 Å². The average Bonchev–Trinajstić information content (AvgIpc) is 3.42. The highest BCUT2D eigenvalue weighted by Crippen LogP contribution is 2.35. The first-order chi connectivity index (χ1) is 16.5. The van der Waals surface area contributed by atoms with Gasteiger partial charge in [-0.2, -0.15) is 5.10 Å². The summed E-state index contributed by atoms with van der Waals surface area (Å²) in [5, 5.41) is 13.1. The van der Waals surface area contributed by atoms with Gasteiger partial charge >= 0.3 is 0 Å². The van der Waals surface area contributed by atoms with Crippen molar-refractivity contribution < 1.29 is 9.21 Å². The Bertz CT molecular complexity index is 1340. The van der Waals surface area contributed by atoms with Crippen LogP contribution in [0.4, 0.5) is 0 Å². The normalized spacial score (nSPS) is 14.1.